The zero-order valence-electron chi connectivity index (χ0n) is 43.8. The summed E-state index contributed by atoms with van der Waals surface area (Å²) in [6.45, 7) is 2.46. The van der Waals surface area contributed by atoms with Gasteiger partial charge < -0.3 is 61.2 Å². The van der Waals surface area contributed by atoms with Gasteiger partial charge >= 0.3 is 10.1 Å². The first kappa shape index (κ1) is 59.9. The van der Waals surface area contributed by atoms with Gasteiger partial charge in [0.1, 0.15) is 39.2 Å². The number of ether oxygens (including phenoxy) is 3. The van der Waals surface area contributed by atoms with Crippen molar-refractivity contribution in [3.05, 3.63) is 99.8 Å². The van der Waals surface area contributed by atoms with Gasteiger partial charge in [-0.3, -0.25) is 23.2 Å². The van der Waals surface area contributed by atoms with Crippen LogP contribution in [0.3, 0.4) is 0 Å². The molecule has 2 saturated heterocycles. The number of rotatable bonds is 19. The number of anilines is 9. The molecule has 2 aromatic heterocycles. The normalized spacial score (nSPS) is 16.6. The molecular weight excluding hydrogens is 1260 g/mol. The highest BCUT2D eigenvalue weighted by Crippen LogP contribution is 2.55. The van der Waals surface area contributed by atoms with E-state index >= 15 is 0 Å². The number of halogens is 2. The molecule has 2 unspecified atom stereocenters. The number of benzene rings is 5. The Balaban J connectivity index is 0.831. The maximum atomic E-state index is 13.2. The lowest BCUT2D eigenvalue weighted by Crippen LogP contribution is -2.34. The standard InChI is InChI=1S/C48H46Cl2N16O16S4/c49-33-36-40(82-38-28(60-36)8-10-30(42(38)86(76,77)78)54-12-14-56-46-62-44(32-22-52-16-18-80-32)64-48(66-46)58-24-4-2-6-26(20-24)84(70,71)72)34(50)35-39(33)81-37-27(59-35)7-9-29(41(37)85(73,74)75)53-11-13-55-45-61-43(31-21-51-15-17-79-31)63-47(65-45)57-23-3-1-5-25(19-23)83(67,68)69/h1-10,19-20,31-32,51-53,59H,11-18,21-22H2,(H,67,68,69)(H,70,71,72)(H,73,74,75)(H,76,77,78)(H2,55,57,61,63,65)(H2,56,58,62,64,66). The van der Waals surface area contributed by atoms with Crippen LogP contribution < -0.4 is 52.6 Å². The van der Waals surface area contributed by atoms with E-state index in [0.29, 0.717) is 39.4 Å². The van der Waals surface area contributed by atoms with Crippen LogP contribution in [-0.2, 0) is 49.9 Å². The van der Waals surface area contributed by atoms with Crippen LogP contribution >= 0.6 is 23.2 Å². The summed E-state index contributed by atoms with van der Waals surface area (Å²) in [6.07, 6.45) is -1.18. The Bertz CT molecular complexity index is 4510. The lowest BCUT2D eigenvalue weighted by atomic mass is 10.1. The van der Waals surface area contributed by atoms with Crippen molar-refractivity contribution >= 4 is 127 Å². The predicted molar refractivity (Wildman–Crippen MR) is 308 cm³/mol. The fourth-order valence-corrected chi connectivity index (χ4v) is 12.2. The summed E-state index contributed by atoms with van der Waals surface area (Å²) < 4.78 is 164. The largest absolute Gasteiger partial charge is 0.450 e. The molecule has 32 nitrogen and oxygen atoms in total. The van der Waals surface area contributed by atoms with Crippen molar-refractivity contribution in [3.8, 4) is 23.0 Å². The molecule has 2 fully saturated rings. The fourth-order valence-electron chi connectivity index (χ4n) is 9.00. The van der Waals surface area contributed by atoms with Gasteiger partial charge in [0.05, 0.1) is 46.3 Å². The highest BCUT2D eigenvalue weighted by molar-refractivity contribution is 7.86. The van der Waals surface area contributed by atoms with Crippen molar-refractivity contribution in [2.24, 2.45) is 4.99 Å². The van der Waals surface area contributed by atoms with E-state index in [1.165, 1.54) is 72.8 Å². The smallest absolute Gasteiger partial charge is 0.300 e. The van der Waals surface area contributed by atoms with Crippen LogP contribution in [0.25, 0.3) is 22.6 Å². The summed E-state index contributed by atoms with van der Waals surface area (Å²) in [5, 5.41) is 23.3. The van der Waals surface area contributed by atoms with Gasteiger partial charge in [-0.15, -0.1) is 0 Å². The van der Waals surface area contributed by atoms with Crippen LogP contribution in [0.1, 0.15) is 23.9 Å². The van der Waals surface area contributed by atoms with Gasteiger partial charge in [0.15, 0.2) is 44.3 Å². The van der Waals surface area contributed by atoms with Gasteiger partial charge in [0, 0.05) is 57.2 Å². The first-order valence-corrected chi connectivity index (χ1v) is 31.9. The van der Waals surface area contributed by atoms with Crippen molar-refractivity contribution in [3.63, 3.8) is 0 Å². The van der Waals surface area contributed by atoms with Crippen molar-refractivity contribution in [2.75, 3.05) is 97.5 Å². The molecule has 0 radical (unpaired) electrons. The van der Waals surface area contributed by atoms with E-state index in [2.05, 4.69) is 82.4 Å². The van der Waals surface area contributed by atoms with Gasteiger partial charge in [-0.2, -0.15) is 63.6 Å². The van der Waals surface area contributed by atoms with Crippen LogP contribution in [-0.4, -0.2) is 152 Å². The molecule has 0 spiro atoms. The molecule has 11 rings (SSSR count). The minimum Gasteiger partial charge on any atom is -0.450 e. The molecule has 38 heteroatoms. The SMILES string of the molecule is O=S(=O)(O)c1cccc(Nc2nc(NCCN=c3ccc4nc5c(Cl)c6c(c(Cl)c5oc-4c3S(=O)(=O)O)Nc3ccc(NCCNc4nc(Nc5cccc(S(=O)(=O)O)c5)nc(C5CNCCO5)n4)c(S(=O)(=O)O)c3O6)nc(C3CNCCO3)n2)c1. The number of morpholine rings is 2. The predicted octanol–water partition coefficient (Wildman–Crippen LogP) is 4.79. The Hall–Kier alpha value is -7.82. The van der Waals surface area contributed by atoms with E-state index in [4.69, 9.17) is 41.8 Å². The molecule has 6 heterocycles. The first-order valence-electron chi connectivity index (χ1n) is 25.4. The molecule has 4 aromatic carbocycles. The molecular formula is C48H46Cl2N16O16S4. The summed E-state index contributed by atoms with van der Waals surface area (Å²) in [4.78, 5) is 33.3. The van der Waals surface area contributed by atoms with Gasteiger partial charge in [-0.05, 0) is 60.7 Å². The molecule has 86 heavy (non-hydrogen) atoms. The van der Waals surface area contributed by atoms with Gasteiger partial charge in [0.25, 0.3) is 30.4 Å². The van der Waals surface area contributed by atoms with E-state index in [1.807, 2.05) is 0 Å². The van der Waals surface area contributed by atoms with Crippen LogP contribution in [0.4, 0.5) is 52.2 Å². The molecule has 5 aliphatic rings. The average molecular weight is 1300 g/mol. The van der Waals surface area contributed by atoms with Gasteiger partial charge in [-0.1, -0.05) is 35.3 Å². The Labute approximate surface area is 497 Å². The van der Waals surface area contributed by atoms with E-state index in [9.17, 15) is 51.9 Å². The van der Waals surface area contributed by atoms with E-state index in [0.717, 1.165) is 0 Å². The third kappa shape index (κ3) is 13.3. The molecule has 0 amide bonds. The number of fused-ring (bicyclic) bond motifs is 4. The Kier molecular flexibility index (Phi) is 16.8. The molecule has 452 valence electrons. The summed E-state index contributed by atoms with van der Waals surface area (Å²) >= 11 is 13.9. The molecule has 0 saturated carbocycles. The topological polar surface area (TPSA) is 457 Å². The highest BCUT2D eigenvalue weighted by Gasteiger charge is 2.35. The third-order valence-electron chi connectivity index (χ3n) is 12.8. The lowest BCUT2D eigenvalue weighted by molar-refractivity contribution is 0.0221. The molecule has 1 aliphatic carbocycles. The minimum atomic E-state index is -5.14. The molecule has 6 aromatic rings. The Morgan fingerprint density at radius 2 is 1.15 bits per heavy atom. The van der Waals surface area contributed by atoms with Crippen molar-refractivity contribution < 1.29 is 70.5 Å². The van der Waals surface area contributed by atoms with E-state index in [-0.39, 0.29) is 138 Å². The summed E-state index contributed by atoms with van der Waals surface area (Å²) in [5.74, 6) is -0.695. The van der Waals surface area contributed by atoms with Crippen molar-refractivity contribution in [1.82, 2.24) is 45.5 Å². The van der Waals surface area contributed by atoms with Crippen LogP contribution in [0.5, 0.6) is 11.5 Å². The fraction of sp³-hybridized carbons (Fsp3) is 0.250. The second-order valence-electron chi connectivity index (χ2n) is 18.7. The maximum absolute atomic E-state index is 13.2. The molecule has 0 bridgehead atoms. The quantitative estimate of drug-likeness (QED) is 0.0294. The highest BCUT2D eigenvalue weighted by atomic mass is 35.5. The Morgan fingerprint density at radius 1 is 0.593 bits per heavy atom. The van der Waals surface area contributed by atoms with E-state index in [1.54, 1.807) is 0 Å². The number of hydrogen-bond acceptors (Lipinski definition) is 28. The monoisotopic (exact) mass is 1300 g/mol. The average Bonchev–Trinajstić information content (AvgIpc) is 0.824. The van der Waals surface area contributed by atoms with Gasteiger partial charge in [0.2, 0.25) is 23.8 Å². The second-order valence-corrected chi connectivity index (χ2v) is 25.0. The second kappa shape index (κ2) is 24.2. The zero-order valence-corrected chi connectivity index (χ0v) is 48.6. The van der Waals surface area contributed by atoms with E-state index < -0.39 is 74.0 Å². The van der Waals surface area contributed by atoms with Crippen molar-refractivity contribution in [2.45, 2.75) is 31.8 Å². The molecule has 2 atom stereocenters. The number of aromatic nitrogens is 7. The Morgan fingerprint density at radius 3 is 1.70 bits per heavy atom. The first-order chi connectivity index (χ1) is 40.9. The number of hydrogen-bond donors (Lipinski definition) is 12. The third-order valence-corrected chi connectivity index (χ3v) is 17.0. The number of nitrogens with zero attached hydrogens (tertiary/aromatic N) is 8. The zero-order chi connectivity index (χ0) is 60.7. The van der Waals surface area contributed by atoms with Crippen LogP contribution in [0.2, 0.25) is 10.0 Å². The summed E-state index contributed by atoms with van der Waals surface area (Å²) in [5.41, 5.74) is -0.440. The minimum absolute atomic E-state index is 0.00792. The van der Waals surface area contributed by atoms with Crippen LogP contribution in [0.15, 0.2) is 102 Å². The molecule has 12 N–H and O–H groups in total. The van der Waals surface area contributed by atoms with Crippen molar-refractivity contribution in [1.29, 1.82) is 0 Å². The summed E-state index contributed by atoms with van der Waals surface area (Å²) in [7, 11) is -19.3. The molecule has 4 aliphatic heterocycles. The summed E-state index contributed by atoms with van der Waals surface area (Å²) in [6, 6.07) is 15.9. The van der Waals surface area contributed by atoms with Gasteiger partial charge in [-0.25, -0.2) is 4.98 Å². The maximum Gasteiger partial charge on any atom is 0.300 e. The van der Waals surface area contributed by atoms with Crippen LogP contribution in [0, 0.1) is 0 Å². The lowest BCUT2D eigenvalue weighted by Gasteiger charge is -2.27. The number of nitrogens with one attached hydrogen (secondary N) is 8.